The van der Waals surface area contributed by atoms with Crippen molar-refractivity contribution in [3.63, 3.8) is 0 Å². The molecule has 1 aromatic heterocycles. The normalized spacial score (nSPS) is 26.6. The third kappa shape index (κ3) is 4.93. The molecule has 1 amide bonds. The number of anilines is 2. The molecule has 0 spiro atoms. The number of nitrogens with one attached hydrogen (secondary N) is 1. The van der Waals surface area contributed by atoms with E-state index in [0.29, 0.717) is 37.1 Å². The van der Waals surface area contributed by atoms with E-state index in [1.54, 1.807) is 7.05 Å². The van der Waals surface area contributed by atoms with E-state index >= 15 is 0 Å². The Morgan fingerprint density at radius 1 is 1.35 bits per heavy atom. The number of hydrogen-bond donors (Lipinski definition) is 4. The Balaban J connectivity index is 1.50. The number of aryl methyl sites for hydroxylation is 1. The quantitative estimate of drug-likeness (QED) is 0.442. The van der Waals surface area contributed by atoms with E-state index in [0.717, 1.165) is 6.07 Å². The fourth-order valence-electron chi connectivity index (χ4n) is 5.58. The second-order valence-corrected chi connectivity index (χ2v) is 12.1. The highest BCUT2D eigenvalue weighted by Gasteiger charge is 2.51. The van der Waals surface area contributed by atoms with E-state index < -0.39 is 33.8 Å². The van der Waals surface area contributed by atoms with Crippen molar-refractivity contribution in [3.8, 4) is 0 Å². The fourth-order valence-corrected chi connectivity index (χ4v) is 7.24. The molecule has 1 aromatic carbocycles. The number of nitrogens with zero attached hydrogens (tertiary/aromatic N) is 2. The predicted molar refractivity (Wildman–Crippen MR) is 126 cm³/mol. The number of fused-ring (bicyclic) bond motifs is 1. The number of aromatic nitrogens is 2. The lowest BCUT2D eigenvalue weighted by Gasteiger charge is -2.24. The van der Waals surface area contributed by atoms with E-state index in [-0.39, 0.29) is 45.7 Å². The minimum atomic E-state index is -3.54. The van der Waals surface area contributed by atoms with Crippen molar-refractivity contribution in [2.24, 2.45) is 18.9 Å². The largest absolute Gasteiger partial charge is 0.395 e. The van der Waals surface area contributed by atoms with Crippen LogP contribution in [0.15, 0.2) is 18.2 Å². The van der Waals surface area contributed by atoms with Crippen molar-refractivity contribution in [3.05, 3.63) is 40.3 Å². The van der Waals surface area contributed by atoms with Gasteiger partial charge in [-0.15, -0.1) is 0 Å². The Kier molecular flexibility index (Phi) is 6.67. The van der Waals surface area contributed by atoms with Crippen LogP contribution in [0, 0.1) is 17.7 Å². The molecule has 0 aliphatic heterocycles. The number of halogens is 2. The molecule has 34 heavy (non-hydrogen) atoms. The molecule has 3 unspecified atom stereocenters. The summed E-state index contributed by atoms with van der Waals surface area (Å²) in [6, 6.07) is 3.87. The van der Waals surface area contributed by atoms with Crippen molar-refractivity contribution >= 4 is 38.9 Å². The number of sulfone groups is 1. The topological polar surface area (TPSA) is 148 Å². The molecule has 9 nitrogen and oxygen atoms in total. The van der Waals surface area contributed by atoms with Gasteiger partial charge in [-0.05, 0) is 55.7 Å². The molecule has 0 bridgehead atoms. The Morgan fingerprint density at radius 2 is 2.00 bits per heavy atom. The van der Waals surface area contributed by atoms with Gasteiger partial charge in [0.05, 0.1) is 34.4 Å². The molecule has 2 fully saturated rings. The molecular weight excluding hydrogens is 487 g/mol. The first kappa shape index (κ1) is 24.9. The highest BCUT2D eigenvalue weighted by atomic mass is 35.5. The van der Waals surface area contributed by atoms with Crippen LogP contribution < -0.4 is 11.1 Å². The SMILES string of the molecule is Cn1nc(C2CC3CC(O)(CS(=O)(=O)CCO)C[C@H]3C2)c(C(=O)Nc2ccc(F)c(Cl)c2)c1N. The van der Waals surface area contributed by atoms with E-state index in [4.69, 9.17) is 22.4 Å². The van der Waals surface area contributed by atoms with Gasteiger partial charge in [0.1, 0.15) is 17.2 Å². The second kappa shape index (κ2) is 9.10. The molecule has 1 heterocycles. The standard InChI is InChI=1S/C22H28ClFN4O5S/c1-28-20(25)18(21(30)26-15-2-3-17(24)16(23)8-15)19(27-28)12-6-13-9-22(31,10-14(13)7-12)11-34(32,33)5-4-29/h2-3,8,12-14,29,31H,4-7,9-11,25H2,1H3,(H,26,30)/t12?,13-,14?,22?/m1/s1. The van der Waals surface area contributed by atoms with Crippen molar-refractivity contribution in [1.29, 1.82) is 0 Å². The molecule has 2 aromatic rings. The highest BCUT2D eigenvalue weighted by molar-refractivity contribution is 7.91. The van der Waals surface area contributed by atoms with E-state index in [1.165, 1.54) is 16.8 Å². The fraction of sp³-hybridized carbons (Fsp3) is 0.545. The lowest BCUT2D eigenvalue weighted by Crippen LogP contribution is -2.36. The van der Waals surface area contributed by atoms with E-state index in [2.05, 4.69) is 10.4 Å². The van der Waals surface area contributed by atoms with E-state index in [1.807, 2.05) is 0 Å². The third-order valence-corrected chi connectivity index (χ3v) is 9.00. The Hall–Kier alpha value is -2.21. The van der Waals surface area contributed by atoms with Crippen LogP contribution in [0.2, 0.25) is 5.02 Å². The van der Waals surface area contributed by atoms with Crippen LogP contribution in [-0.4, -0.2) is 58.0 Å². The first-order valence-electron chi connectivity index (χ1n) is 11.0. The number of carbonyl (C=O) groups excluding carboxylic acids is 1. The molecular formula is C22H28ClFN4O5S. The molecule has 4 atom stereocenters. The first-order chi connectivity index (χ1) is 15.9. The monoisotopic (exact) mass is 514 g/mol. The number of aliphatic hydroxyl groups excluding tert-OH is 1. The summed E-state index contributed by atoms with van der Waals surface area (Å²) in [5.41, 5.74) is 5.98. The van der Waals surface area contributed by atoms with Crippen molar-refractivity contribution in [2.45, 2.75) is 37.2 Å². The number of nitrogen functional groups attached to an aromatic ring is 1. The average Bonchev–Trinajstić information content (AvgIpc) is 3.33. The summed E-state index contributed by atoms with van der Waals surface area (Å²) in [5, 5.41) is 26.9. The van der Waals surface area contributed by atoms with Gasteiger partial charge in [-0.2, -0.15) is 5.10 Å². The van der Waals surface area contributed by atoms with Gasteiger partial charge in [-0.25, -0.2) is 12.8 Å². The van der Waals surface area contributed by atoms with Crippen LogP contribution in [0.1, 0.15) is 47.7 Å². The van der Waals surface area contributed by atoms with Crippen LogP contribution in [0.25, 0.3) is 0 Å². The minimum absolute atomic E-state index is 0.0744. The second-order valence-electron chi connectivity index (χ2n) is 9.49. The third-order valence-electron chi connectivity index (χ3n) is 6.93. The van der Waals surface area contributed by atoms with Crippen molar-refractivity contribution in [2.75, 3.05) is 29.2 Å². The summed E-state index contributed by atoms with van der Waals surface area (Å²) in [7, 11) is -1.90. The highest BCUT2D eigenvalue weighted by Crippen LogP contribution is 2.54. The molecule has 12 heteroatoms. The van der Waals surface area contributed by atoms with Crippen LogP contribution in [0.4, 0.5) is 15.9 Å². The summed E-state index contributed by atoms with van der Waals surface area (Å²) >= 11 is 5.81. The smallest absolute Gasteiger partial charge is 0.261 e. The van der Waals surface area contributed by atoms with Crippen molar-refractivity contribution < 1.29 is 27.8 Å². The lowest BCUT2D eigenvalue weighted by atomic mass is 9.92. The minimum Gasteiger partial charge on any atom is -0.395 e. The number of amides is 1. The van der Waals surface area contributed by atoms with E-state index in [9.17, 15) is 22.7 Å². The molecule has 2 aliphatic rings. The van der Waals surface area contributed by atoms with Gasteiger partial charge >= 0.3 is 0 Å². The maximum Gasteiger partial charge on any atom is 0.261 e. The van der Waals surface area contributed by atoms with Gasteiger partial charge in [0.2, 0.25) is 0 Å². The molecule has 0 radical (unpaired) electrons. The zero-order valence-corrected chi connectivity index (χ0v) is 20.2. The molecule has 186 valence electrons. The molecule has 5 N–H and O–H groups in total. The number of rotatable bonds is 7. The number of benzene rings is 1. The van der Waals surface area contributed by atoms with Crippen molar-refractivity contribution in [1.82, 2.24) is 9.78 Å². The van der Waals surface area contributed by atoms with Gasteiger partial charge in [0, 0.05) is 18.7 Å². The Bertz CT molecular complexity index is 1200. The number of hydrogen-bond acceptors (Lipinski definition) is 7. The Labute approximate surface area is 202 Å². The molecule has 2 aliphatic carbocycles. The van der Waals surface area contributed by atoms with Crippen LogP contribution in [0.5, 0.6) is 0 Å². The summed E-state index contributed by atoms with van der Waals surface area (Å²) in [4.78, 5) is 13.1. The summed E-state index contributed by atoms with van der Waals surface area (Å²) in [6.07, 6.45) is 1.98. The van der Waals surface area contributed by atoms with Gasteiger partial charge in [-0.1, -0.05) is 11.6 Å². The summed E-state index contributed by atoms with van der Waals surface area (Å²) in [5.74, 6) is -1.49. The lowest BCUT2D eigenvalue weighted by molar-refractivity contribution is 0.0611. The first-order valence-corrected chi connectivity index (χ1v) is 13.2. The molecule has 4 rings (SSSR count). The maximum atomic E-state index is 13.5. The summed E-state index contributed by atoms with van der Waals surface area (Å²) < 4.78 is 39.1. The van der Waals surface area contributed by atoms with Gasteiger partial charge in [-0.3, -0.25) is 9.48 Å². The number of nitrogens with two attached hydrogens (primary N) is 1. The van der Waals surface area contributed by atoms with Gasteiger partial charge in [0.15, 0.2) is 9.84 Å². The number of aliphatic hydroxyl groups is 2. The average molecular weight is 515 g/mol. The zero-order chi connectivity index (χ0) is 24.8. The van der Waals surface area contributed by atoms with Crippen LogP contribution >= 0.6 is 11.6 Å². The maximum absolute atomic E-state index is 13.5. The Morgan fingerprint density at radius 3 is 2.59 bits per heavy atom. The molecule has 0 saturated heterocycles. The zero-order valence-electron chi connectivity index (χ0n) is 18.7. The van der Waals surface area contributed by atoms with Gasteiger partial charge < -0.3 is 21.3 Å². The van der Waals surface area contributed by atoms with Crippen LogP contribution in [-0.2, 0) is 16.9 Å². The van der Waals surface area contributed by atoms with Crippen LogP contribution in [0.3, 0.4) is 0 Å². The predicted octanol–water partition coefficient (Wildman–Crippen LogP) is 2.09. The summed E-state index contributed by atoms with van der Waals surface area (Å²) in [6.45, 7) is -0.469. The molecule has 2 saturated carbocycles. The van der Waals surface area contributed by atoms with Gasteiger partial charge in [0.25, 0.3) is 5.91 Å². The number of carbonyl (C=O) groups is 1.